The van der Waals surface area contributed by atoms with Crippen molar-refractivity contribution in [1.82, 2.24) is 15.3 Å². The van der Waals surface area contributed by atoms with Gasteiger partial charge in [0.15, 0.2) is 5.16 Å². The number of aryl methyl sites for hydroxylation is 1. The van der Waals surface area contributed by atoms with Crippen molar-refractivity contribution in [2.45, 2.75) is 18.6 Å². The number of aromatic nitrogens is 2. The smallest absolute Gasteiger partial charge is 0.230 e. The maximum absolute atomic E-state index is 13.0. The third-order valence-electron chi connectivity index (χ3n) is 5.46. The number of nitrogens with one attached hydrogen (secondary N) is 1. The van der Waals surface area contributed by atoms with E-state index in [1.54, 1.807) is 18.2 Å². The summed E-state index contributed by atoms with van der Waals surface area (Å²) in [4.78, 5) is 25.7. The molecule has 0 bridgehead atoms. The highest BCUT2D eigenvalue weighted by molar-refractivity contribution is 7.99. The van der Waals surface area contributed by atoms with Crippen LogP contribution in [0.3, 0.4) is 0 Å². The normalized spacial score (nSPS) is 13.8. The number of halogens is 2. The van der Waals surface area contributed by atoms with E-state index in [1.165, 1.54) is 35.1 Å². The Morgan fingerprint density at radius 1 is 1.06 bits per heavy atom. The van der Waals surface area contributed by atoms with Gasteiger partial charge in [0.25, 0.3) is 0 Å². The summed E-state index contributed by atoms with van der Waals surface area (Å²) in [6, 6.07) is 16.2. The number of hydrogen-bond acceptors (Lipinski definition) is 6. The van der Waals surface area contributed by atoms with Gasteiger partial charge in [-0.2, -0.15) is 0 Å². The quantitative estimate of drug-likeness (QED) is 0.305. The fourth-order valence-corrected chi connectivity index (χ4v) is 4.60. The zero-order valence-electron chi connectivity index (χ0n) is 18.3. The molecule has 0 atom stereocenters. The van der Waals surface area contributed by atoms with Crippen LogP contribution in [-0.2, 0) is 11.3 Å². The minimum Gasteiger partial charge on any atom is -0.368 e. The summed E-state index contributed by atoms with van der Waals surface area (Å²) in [6.45, 7) is 5.90. The van der Waals surface area contributed by atoms with Crippen molar-refractivity contribution in [1.29, 1.82) is 0 Å². The molecule has 6 nitrogen and oxygen atoms in total. The first-order chi connectivity index (χ1) is 16.0. The molecular weight excluding hydrogens is 461 g/mol. The summed E-state index contributed by atoms with van der Waals surface area (Å²) < 4.78 is 13.0. The summed E-state index contributed by atoms with van der Waals surface area (Å²) in [7, 11) is 0. The number of amides is 1. The fraction of sp³-hybridized carbons (Fsp3) is 0.292. The molecule has 9 heteroatoms. The molecule has 1 aliphatic rings. The average molecular weight is 486 g/mol. The van der Waals surface area contributed by atoms with Gasteiger partial charge in [0.2, 0.25) is 5.91 Å². The second kappa shape index (κ2) is 10.9. The van der Waals surface area contributed by atoms with Crippen molar-refractivity contribution in [2.24, 2.45) is 0 Å². The number of carbonyl (C=O) groups is 1. The van der Waals surface area contributed by atoms with Crippen LogP contribution in [0.2, 0.25) is 5.15 Å². The molecule has 1 N–H and O–H groups in total. The van der Waals surface area contributed by atoms with Crippen LogP contribution >= 0.6 is 23.4 Å². The van der Waals surface area contributed by atoms with Gasteiger partial charge in [-0.05, 0) is 36.2 Å². The first-order valence-corrected chi connectivity index (χ1v) is 12.1. The van der Waals surface area contributed by atoms with Crippen LogP contribution in [0.1, 0.15) is 11.1 Å². The van der Waals surface area contributed by atoms with Crippen LogP contribution in [0.5, 0.6) is 0 Å². The maximum atomic E-state index is 13.0. The largest absolute Gasteiger partial charge is 0.368 e. The number of piperazine rings is 1. The van der Waals surface area contributed by atoms with Gasteiger partial charge in [-0.1, -0.05) is 53.7 Å². The Balaban J connectivity index is 1.31. The first kappa shape index (κ1) is 23.3. The third-order valence-corrected chi connectivity index (χ3v) is 6.50. The highest BCUT2D eigenvalue weighted by atomic mass is 35.5. The van der Waals surface area contributed by atoms with Gasteiger partial charge in [-0.15, -0.1) is 0 Å². The fourth-order valence-electron chi connectivity index (χ4n) is 3.69. The van der Waals surface area contributed by atoms with Crippen LogP contribution in [0.15, 0.2) is 59.8 Å². The second-order valence-corrected chi connectivity index (χ2v) is 9.11. The van der Waals surface area contributed by atoms with Gasteiger partial charge in [-0.3, -0.25) is 4.79 Å². The molecule has 2 aromatic carbocycles. The number of para-hydroxylation sites is 1. The lowest BCUT2D eigenvalue weighted by Crippen LogP contribution is -2.47. The topological polar surface area (TPSA) is 61.4 Å². The molecule has 0 unspecified atom stereocenters. The Bertz CT molecular complexity index is 1110. The Hall–Kier alpha value is -2.84. The van der Waals surface area contributed by atoms with Crippen LogP contribution in [-0.4, -0.2) is 47.8 Å². The van der Waals surface area contributed by atoms with Gasteiger partial charge in [0, 0.05) is 44.5 Å². The highest BCUT2D eigenvalue weighted by Gasteiger charge is 2.20. The maximum Gasteiger partial charge on any atom is 0.230 e. The minimum atomic E-state index is -0.300. The van der Waals surface area contributed by atoms with E-state index in [1.807, 2.05) is 0 Å². The number of nitrogens with zero attached hydrogens (tertiary/aromatic N) is 4. The summed E-state index contributed by atoms with van der Waals surface area (Å²) in [5, 5.41) is 3.64. The van der Waals surface area contributed by atoms with Crippen molar-refractivity contribution in [2.75, 3.05) is 41.7 Å². The highest BCUT2D eigenvalue weighted by Crippen LogP contribution is 2.25. The van der Waals surface area contributed by atoms with Crippen LogP contribution in [0, 0.1) is 12.7 Å². The number of hydrogen-bond donors (Lipinski definition) is 1. The molecule has 0 radical (unpaired) electrons. The zero-order chi connectivity index (χ0) is 23.2. The Morgan fingerprint density at radius 3 is 2.48 bits per heavy atom. The molecule has 1 aromatic heterocycles. The van der Waals surface area contributed by atoms with Crippen LogP contribution < -0.4 is 15.1 Å². The van der Waals surface area contributed by atoms with Crippen molar-refractivity contribution in [3.8, 4) is 0 Å². The Kier molecular flexibility index (Phi) is 7.67. The predicted molar refractivity (Wildman–Crippen MR) is 132 cm³/mol. The average Bonchev–Trinajstić information content (AvgIpc) is 2.82. The van der Waals surface area contributed by atoms with E-state index >= 15 is 0 Å². The van der Waals surface area contributed by atoms with E-state index in [2.05, 4.69) is 56.3 Å². The molecule has 0 saturated carbocycles. The molecular formula is C24H25ClFN5OS. The molecule has 4 rings (SSSR count). The number of rotatable bonds is 7. The molecule has 0 aliphatic carbocycles. The Labute approximate surface area is 202 Å². The van der Waals surface area contributed by atoms with Gasteiger partial charge >= 0.3 is 0 Å². The molecule has 33 heavy (non-hydrogen) atoms. The predicted octanol–water partition coefficient (Wildman–Crippen LogP) is 4.31. The van der Waals surface area contributed by atoms with Gasteiger partial charge in [0.1, 0.15) is 16.8 Å². The lowest BCUT2D eigenvalue weighted by molar-refractivity contribution is -0.118. The molecule has 1 aliphatic heterocycles. The minimum absolute atomic E-state index is 0.152. The standard InChI is InChI=1S/C24H25ClFN5OS/c1-17-4-2-3-5-20(17)30-10-12-31(13-11-30)22-14-21(25)28-24(29-22)33-16-23(32)27-15-18-6-8-19(26)9-7-18/h2-9,14H,10-13,15-16H2,1H3,(H,27,32). The summed E-state index contributed by atoms with van der Waals surface area (Å²) in [5.74, 6) is 0.489. The summed E-state index contributed by atoms with van der Waals surface area (Å²) in [5.41, 5.74) is 3.37. The lowest BCUT2D eigenvalue weighted by atomic mass is 10.1. The number of carbonyl (C=O) groups excluding carboxylic acids is 1. The SMILES string of the molecule is Cc1ccccc1N1CCN(c2cc(Cl)nc(SCC(=O)NCc3ccc(F)cc3)n2)CC1. The molecule has 3 aromatic rings. The Morgan fingerprint density at radius 2 is 1.76 bits per heavy atom. The number of benzene rings is 2. The molecule has 1 saturated heterocycles. The number of thioether (sulfide) groups is 1. The van der Waals surface area contributed by atoms with Crippen molar-refractivity contribution in [3.63, 3.8) is 0 Å². The molecule has 1 fully saturated rings. The number of anilines is 2. The first-order valence-electron chi connectivity index (χ1n) is 10.7. The molecule has 1 amide bonds. The summed E-state index contributed by atoms with van der Waals surface area (Å²) in [6.07, 6.45) is 0. The summed E-state index contributed by atoms with van der Waals surface area (Å²) >= 11 is 7.49. The van der Waals surface area contributed by atoms with E-state index in [0.717, 1.165) is 37.6 Å². The van der Waals surface area contributed by atoms with Gasteiger partial charge < -0.3 is 15.1 Å². The van der Waals surface area contributed by atoms with Crippen molar-refractivity contribution < 1.29 is 9.18 Å². The van der Waals surface area contributed by atoms with Crippen LogP contribution in [0.25, 0.3) is 0 Å². The van der Waals surface area contributed by atoms with Crippen molar-refractivity contribution >= 4 is 40.8 Å². The van der Waals surface area contributed by atoms with Gasteiger partial charge in [0.05, 0.1) is 5.75 Å². The third kappa shape index (κ3) is 6.36. The molecule has 2 heterocycles. The molecule has 0 spiro atoms. The van der Waals surface area contributed by atoms with E-state index in [4.69, 9.17) is 11.6 Å². The monoisotopic (exact) mass is 485 g/mol. The van der Waals surface area contributed by atoms with E-state index in [9.17, 15) is 9.18 Å². The van der Waals surface area contributed by atoms with E-state index in [-0.39, 0.29) is 17.5 Å². The second-order valence-electron chi connectivity index (χ2n) is 7.78. The van der Waals surface area contributed by atoms with Gasteiger partial charge in [-0.25, -0.2) is 14.4 Å². The molecule has 172 valence electrons. The van der Waals surface area contributed by atoms with Crippen molar-refractivity contribution in [3.05, 3.63) is 76.7 Å². The zero-order valence-corrected chi connectivity index (χ0v) is 19.9. The van der Waals surface area contributed by atoms with Crippen LogP contribution in [0.4, 0.5) is 15.9 Å². The van der Waals surface area contributed by atoms with E-state index in [0.29, 0.717) is 16.9 Å². The lowest BCUT2D eigenvalue weighted by Gasteiger charge is -2.37. The van der Waals surface area contributed by atoms with E-state index < -0.39 is 0 Å².